The lowest BCUT2D eigenvalue weighted by atomic mass is 10.1. The third kappa shape index (κ3) is 2.26. The largest absolute Gasteiger partial charge is 0.346 e. The molecule has 0 saturated carbocycles. The summed E-state index contributed by atoms with van der Waals surface area (Å²) in [7, 11) is 0. The summed E-state index contributed by atoms with van der Waals surface area (Å²) in [6.45, 7) is 0.891. The number of aromatic nitrogens is 2. The van der Waals surface area contributed by atoms with E-state index >= 15 is 0 Å². The van der Waals surface area contributed by atoms with Crippen LogP contribution in [0.1, 0.15) is 5.56 Å². The number of rotatable bonds is 3. The van der Waals surface area contributed by atoms with E-state index in [1.807, 2.05) is 0 Å². The summed E-state index contributed by atoms with van der Waals surface area (Å²) >= 11 is 1.77. The molecule has 2 aromatic carbocycles. The normalized spacial score (nSPS) is 11.0. The van der Waals surface area contributed by atoms with Gasteiger partial charge in [0.15, 0.2) is 5.69 Å². The Morgan fingerprint density at radius 2 is 1.62 bits per heavy atom. The van der Waals surface area contributed by atoms with Crippen molar-refractivity contribution in [3.8, 4) is 11.3 Å². The first kappa shape index (κ1) is 12.4. The number of hydrogen-bond acceptors (Lipinski definition) is 1. The predicted octanol–water partition coefficient (Wildman–Crippen LogP) is 4.00. The second-order valence-corrected chi connectivity index (χ2v) is 5.92. The molecule has 0 bridgehead atoms. The average molecular weight is 291 g/mol. The van der Waals surface area contributed by atoms with Gasteiger partial charge in [-0.1, -0.05) is 72.0 Å². The van der Waals surface area contributed by atoms with Crippen molar-refractivity contribution in [3.05, 3.63) is 84.0 Å². The minimum atomic E-state index is 0.891. The number of imidazole rings is 1. The first-order valence-electron chi connectivity index (χ1n) is 6.99. The van der Waals surface area contributed by atoms with Crippen molar-refractivity contribution in [3.63, 3.8) is 0 Å². The summed E-state index contributed by atoms with van der Waals surface area (Å²) in [6, 6.07) is 21.2. The van der Waals surface area contributed by atoms with Gasteiger partial charge in [0, 0.05) is 10.9 Å². The van der Waals surface area contributed by atoms with E-state index < -0.39 is 0 Å². The van der Waals surface area contributed by atoms with E-state index in [2.05, 4.69) is 87.4 Å². The molecule has 0 spiro atoms. The number of fused-ring (bicyclic) bond motifs is 1. The first-order chi connectivity index (χ1) is 10.4. The van der Waals surface area contributed by atoms with E-state index in [0.717, 1.165) is 6.54 Å². The molecule has 0 radical (unpaired) electrons. The second kappa shape index (κ2) is 5.19. The highest BCUT2D eigenvalue weighted by molar-refractivity contribution is 7.14. The minimum Gasteiger partial charge on any atom is -0.209 e. The summed E-state index contributed by atoms with van der Waals surface area (Å²) in [5, 5.41) is 2.13. The molecule has 0 N–H and O–H groups in total. The van der Waals surface area contributed by atoms with E-state index in [-0.39, 0.29) is 0 Å². The van der Waals surface area contributed by atoms with Gasteiger partial charge in [0.25, 0.3) is 0 Å². The average Bonchev–Trinajstić information content (AvgIpc) is 3.12. The van der Waals surface area contributed by atoms with Crippen LogP contribution >= 0.6 is 11.3 Å². The quantitative estimate of drug-likeness (QED) is 0.505. The zero-order valence-electron chi connectivity index (χ0n) is 11.5. The first-order valence-corrected chi connectivity index (χ1v) is 7.87. The molecule has 21 heavy (non-hydrogen) atoms. The van der Waals surface area contributed by atoms with Gasteiger partial charge >= 0.3 is 4.96 Å². The van der Waals surface area contributed by atoms with Crippen molar-refractivity contribution in [2.75, 3.05) is 0 Å². The summed E-state index contributed by atoms with van der Waals surface area (Å²) in [4.78, 5) is 1.26. The van der Waals surface area contributed by atoms with E-state index in [0.29, 0.717) is 0 Å². The van der Waals surface area contributed by atoms with E-state index in [1.54, 1.807) is 11.3 Å². The summed E-state index contributed by atoms with van der Waals surface area (Å²) in [6.07, 6.45) is 4.33. The van der Waals surface area contributed by atoms with Crippen LogP contribution in [0.15, 0.2) is 78.4 Å². The van der Waals surface area contributed by atoms with Crippen molar-refractivity contribution < 1.29 is 4.40 Å². The van der Waals surface area contributed by atoms with Crippen LogP contribution < -0.4 is 4.40 Å². The van der Waals surface area contributed by atoms with Crippen LogP contribution in [0.5, 0.6) is 0 Å². The Bertz CT molecular complexity index is 860. The van der Waals surface area contributed by atoms with Crippen LogP contribution in [-0.4, -0.2) is 4.57 Å². The highest BCUT2D eigenvalue weighted by Gasteiger charge is 2.20. The van der Waals surface area contributed by atoms with Crippen molar-refractivity contribution >= 4 is 16.3 Å². The van der Waals surface area contributed by atoms with Crippen LogP contribution in [0, 0.1) is 0 Å². The molecular formula is C18H15N2S+. The lowest BCUT2D eigenvalue weighted by Crippen LogP contribution is -2.13. The van der Waals surface area contributed by atoms with E-state index in [9.17, 15) is 0 Å². The Hall–Kier alpha value is -2.39. The maximum atomic E-state index is 2.38. The maximum Gasteiger partial charge on any atom is 0.346 e. The predicted molar refractivity (Wildman–Crippen MR) is 86.4 cm³/mol. The zero-order chi connectivity index (χ0) is 14.1. The molecule has 0 fully saturated rings. The van der Waals surface area contributed by atoms with Crippen molar-refractivity contribution in [1.29, 1.82) is 0 Å². The molecule has 4 rings (SSSR count). The summed E-state index contributed by atoms with van der Waals surface area (Å²) < 4.78 is 4.59. The standard InChI is InChI=1S/C18H15N2S/c1-3-7-15(8-4-1)13-20-17(16-9-5-2-6-10-16)14-19-11-12-21-18(19)20/h1-12,14H,13H2/q+1. The van der Waals surface area contributed by atoms with Gasteiger partial charge in [0.05, 0.1) is 0 Å². The minimum absolute atomic E-state index is 0.891. The Labute approximate surface area is 127 Å². The third-order valence-electron chi connectivity index (χ3n) is 3.65. The number of nitrogens with zero attached hydrogens (tertiary/aromatic N) is 2. The Kier molecular flexibility index (Phi) is 3.05. The van der Waals surface area contributed by atoms with Gasteiger partial charge in [-0.05, 0) is 5.56 Å². The van der Waals surface area contributed by atoms with Gasteiger partial charge in [0.1, 0.15) is 18.9 Å². The molecule has 0 aliphatic carbocycles. The molecule has 4 aromatic rings. The van der Waals surface area contributed by atoms with Gasteiger partial charge in [-0.3, -0.25) is 0 Å². The molecule has 2 heterocycles. The second-order valence-electron chi connectivity index (χ2n) is 5.04. The van der Waals surface area contributed by atoms with Crippen LogP contribution in [-0.2, 0) is 6.54 Å². The highest BCUT2D eigenvalue weighted by atomic mass is 32.1. The monoisotopic (exact) mass is 291 g/mol. The molecule has 0 atom stereocenters. The van der Waals surface area contributed by atoms with Gasteiger partial charge in [-0.25, -0.2) is 4.57 Å². The zero-order valence-corrected chi connectivity index (χ0v) is 12.3. The summed E-state index contributed by atoms with van der Waals surface area (Å²) in [5.74, 6) is 0. The Balaban J connectivity index is 1.87. The molecule has 0 aliphatic rings. The fourth-order valence-electron chi connectivity index (χ4n) is 2.65. The Morgan fingerprint density at radius 3 is 2.38 bits per heavy atom. The number of benzene rings is 2. The van der Waals surface area contributed by atoms with E-state index in [1.165, 1.54) is 21.8 Å². The van der Waals surface area contributed by atoms with Crippen molar-refractivity contribution in [2.24, 2.45) is 0 Å². The molecule has 0 aliphatic heterocycles. The highest BCUT2D eigenvalue weighted by Crippen LogP contribution is 2.23. The molecule has 102 valence electrons. The third-order valence-corrected chi connectivity index (χ3v) is 4.55. The molecular weight excluding hydrogens is 276 g/mol. The Morgan fingerprint density at radius 1 is 0.905 bits per heavy atom. The summed E-state index contributed by atoms with van der Waals surface area (Å²) in [5.41, 5.74) is 3.83. The van der Waals surface area contributed by atoms with Crippen LogP contribution in [0.4, 0.5) is 0 Å². The fraction of sp³-hybridized carbons (Fsp3) is 0.0556. The SMILES string of the molecule is c1ccc(Cn2c(-c3ccccc3)c[n+]3ccsc23)cc1. The molecule has 0 amide bonds. The molecule has 2 aromatic heterocycles. The van der Waals surface area contributed by atoms with Gasteiger partial charge in [-0.15, -0.1) is 0 Å². The lowest BCUT2D eigenvalue weighted by Gasteiger charge is -2.02. The van der Waals surface area contributed by atoms with Crippen molar-refractivity contribution in [1.82, 2.24) is 4.57 Å². The molecule has 2 nitrogen and oxygen atoms in total. The number of hydrogen-bond donors (Lipinski definition) is 0. The smallest absolute Gasteiger partial charge is 0.209 e. The van der Waals surface area contributed by atoms with Crippen LogP contribution in [0.25, 0.3) is 16.2 Å². The maximum absolute atomic E-state index is 2.38. The van der Waals surface area contributed by atoms with E-state index in [4.69, 9.17) is 0 Å². The van der Waals surface area contributed by atoms with Gasteiger partial charge in [-0.2, -0.15) is 4.40 Å². The van der Waals surface area contributed by atoms with Crippen LogP contribution in [0.2, 0.25) is 0 Å². The topological polar surface area (TPSA) is 9.03 Å². The van der Waals surface area contributed by atoms with Crippen LogP contribution in [0.3, 0.4) is 0 Å². The van der Waals surface area contributed by atoms with Gasteiger partial charge < -0.3 is 0 Å². The fourth-order valence-corrected chi connectivity index (χ4v) is 3.48. The molecule has 0 unspecified atom stereocenters. The molecule has 3 heteroatoms. The van der Waals surface area contributed by atoms with Crippen molar-refractivity contribution in [2.45, 2.75) is 6.54 Å². The number of thiazole rings is 1. The molecule has 0 saturated heterocycles. The van der Waals surface area contributed by atoms with Gasteiger partial charge in [0.2, 0.25) is 0 Å². The lowest BCUT2D eigenvalue weighted by molar-refractivity contribution is -0.505.